The Morgan fingerprint density at radius 2 is 1.96 bits per heavy atom. The van der Waals surface area contributed by atoms with E-state index in [2.05, 4.69) is 38.1 Å². The summed E-state index contributed by atoms with van der Waals surface area (Å²) in [5.74, 6) is 3.89. The highest BCUT2D eigenvalue weighted by molar-refractivity contribution is 5.46. The van der Waals surface area contributed by atoms with E-state index in [0.717, 1.165) is 61.3 Å². The second kappa shape index (κ2) is 7.25. The number of hydrogen-bond acceptors (Lipinski definition) is 6. The molecular formula is C19H26N4O3. The predicted molar refractivity (Wildman–Crippen MR) is 96.6 cm³/mol. The Morgan fingerprint density at radius 1 is 1.19 bits per heavy atom. The van der Waals surface area contributed by atoms with Gasteiger partial charge in [0.2, 0.25) is 6.79 Å². The zero-order valence-corrected chi connectivity index (χ0v) is 15.6. The van der Waals surface area contributed by atoms with Crippen LogP contribution in [0.15, 0.2) is 18.2 Å². The van der Waals surface area contributed by atoms with Gasteiger partial charge in [-0.3, -0.25) is 4.90 Å². The number of aryl methyl sites for hydroxylation is 1. The first-order valence-corrected chi connectivity index (χ1v) is 9.25. The lowest BCUT2D eigenvalue weighted by molar-refractivity contribution is 0.0835. The SMILES string of the molecule is CCn1nc(C2CCOCC2)nc1[C@H](c1ccc2c(c1)OCO2)N(C)C. The van der Waals surface area contributed by atoms with Gasteiger partial charge in [0.1, 0.15) is 5.82 Å². The molecule has 7 nitrogen and oxygen atoms in total. The number of ether oxygens (including phenoxy) is 3. The highest BCUT2D eigenvalue weighted by atomic mass is 16.7. The van der Waals surface area contributed by atoms with Crippen LogP contribution in [0.25, 0.3) is 0 Å². The van der Waals surface area contributed by atoms with Crippen molar-refractivity contribution in [3.05, 3.63) is 35.4 Å². The molecule has 2 aliphatic rings. The fourth-order valence-corrected chi connectivity index (χ4v) is 3.70. The van der Waals surface area contributed by atoms with Gasteiger partial charge < -0.3 is 14.2 Å². The molecule has 1 saturated heterocycles. The third-order valence-electron chi connectivity index (χ3n) is 5.08. The normalized spacial score (nSPS) is 18.5. The van der Waals surface area contributed by atoms with E-state index in [1.54, 1.807) is 0 Å². The largest absolute Gasteiger partial charge is 0.454 e. The van der Waals surface area contributed by atoms with Gasteiger partial charge in [-0.2, -0.15) is 5.10 Å². The van der Waals surface area contributed by atoms with Gasteiger partial charge in [0.05, 0.1) is 6.04 Å². The molecule has 0 saturated carbocycles. The van der Waals surface area contributed by atoms with Crippen molar-refractivity contribution in [3.8, 4) is 11.5 Å². The molecule has 0 N–H and O–H groups in total. The summed E-state index contributed by atoms with van der Waals surface area (Å²) in [4.78, 5) is 7.15. The topological polar surface area (TPSA) is 61.6 Å². The monoisotopic (exact) mass is 358 g/mol. The Kier molecular flexibility index (Phi) is 4.82. The van der Waals surface area contributed by atoms with Crippen molar-refractivity contribution in [3.63, 3.8) is 0 Å². The summed E-state index contributed by atoms with van der Waals surface area (Å²) < 4.78 is 18.5. The lowest BCUT2D eigenvalue weighted by Crippen LogP contribution is -2.25. The maximum absolute atomic E-state index is 5.56. The first-order chi connectivity index (χ1) is 12.7. The predicted octanol–water partition coefficient (Wildman–Crippen LogP) is 2.57. The molecule has 0 spiro atoms. The molecule has 0 unspecified atom stereocenters. The third kappa shape index (κ3) is 3.17. The summed E-state index contributed by atoms with van der Waals surface area (Å²) in [6.07, 6.45) is 1.98. The van der Waals surface area contributed by atoms with E-state index in [-0.39, 0.29) is 12.8 Å². The van der Waals surface area contributed by atoms with E-state index >= 15 is 0 Å². The molecule has 3 heterocycles. The van der Waals surface area contributed by atoms with Crippen molar-refractivity contribution in [1.82, 2.24) is 19.7 Å². The van der Waals surface area contributed by atoms with Crippen molar-refractivity contribution in [2.45, 2.75) is 38.3 Å². The summed E-state index contributed by atoms with van der Waals surface area (Å²) >= 11 is 0. The van der Waals surface area contributed by atoms with Crippen LogP contribution in [0.1, 0.15) is 48.9 Å². The Balaban J connectivity index is 1.71. The van der Waals surface area contributed by atoms with Crippen molar-refractivity contribution in [2.75, 3.05) is 34.1 Å². The van der Waals surface area contributed by atoms with Crippen molar-refractivity contribution < 1.29 is 14.2 Å². The van der Waals surface area contributed by atoms with Gasteiger partial charge >= 0.3 is 0 Å². The lowest BCUT2D eigenvalue weighted by Gasteiger charge is -2.24. The van der Waals surface area contributed by atoms with Crippen LogP contribution in [0, 0.1) is 0 Å². The van der Waals surface area contributed by atoms with Crippen molar-refractivity contribution >= 4 is 0 Å². The first kappa shape index (κ1) is 17.3. The van der Waals surface area contributed by atoms with Crippen LogP contribution in [0.4, 0.5) is 0 Å². The summed E-state index contributed by atoms with van der Waals surface area (Å²) in [5.41, 5.74) is 1.12. The second-order valence-corrected chi connectivity index (χ2v) is 7.01. The van der Waals surface area contributed by atoms with Gasteiger partial charge in [-0.1, -0.05) is 6.07 Å². The summed E-state index contributed by atoms with van der Waals surface area (Å²) in [5, 5.41) is 4.82. The summed E-state index contributed by atoms with van der Waals surface area (Å²) in [6, 6.07) is 6.11. The molecule has 1 fully saturated rings. The molecule has 0 aliphatic carbocycles. The van der Waals surface area contributed by atoms with Gasteiger partial charge in [0, 0.05) is 25.7 Å². The van der Waals surface area contributed by atoms with Crippen LogP contribution < -0.4 is 9.47 Å². The van der Waals surface area contributed by atoms with Gasteiger partial charge in [0.15, 0.2) is 17.3 Å². The third-order valence-corrected chi connectivity index (χ3v) is 5.08. The number of aromatic nitrogens is 3. The standard InChI is InChI=1S/C19H26N4O3/c1-4-23-19(20-18(21-23)13-7-9-24-10-8-13)17(22(2)3)14-5-6-15-16(11-14)26-12-25-15/h5-6,11,13,17H,4,7-10,12H2,1-3H3/t17-/m0/s1. The van der Waals surface area contributed by atoms with Crippen LogP contribution >= 0.6 is 0 Å². The minimum absolute atomic E-state index is 0.00513. The summed E-state index contributed by atoms with van der Waals surface area (Å²) in [6.45, 7) is 4.77. The fraction of sp³-hybridized carbons (Fsp3) is 0.579. The van der Waals surface area contributed by atoms with Gasteiger partial charge in [0.25, 0.3) is 0 Å². The highest BCUT2D eigenvalue weighted by Crippen LogP contribution is 2.37. The minimum atomic E-state index is 0.00513. The smallest absolute Gasteiger partial charge is 0.231 e. The molecule has 26 heavy (non-hydrogen) atoms. The summed E-state index contributed by atoms with van der Waals surface area (Å²) in [7, 11) is 4.14. The zero-order valence-electron chi connectivity index (χ0n) is 15.6. The van der Waals surface area contributed by atoms with E-state index in [1.165, 1.54) is 0 Å². The van der Waals surface area contributed by atoms with E-state index in [9.17, 15) is 0 Å². The first-order valence-electron chi connectivity index (χ1n) is 9.25. The molecule has 4 rings (SSSR count). The molecule has 2 aromatic rings. The highest BCUT2D eigenvalue weighted by Gasteiger charge is 2.28. The number of benzene rings is 1. The number of nitrogens with zero attached hydrogens (tertiary/aromatic N) is 4. The molecule has 0 radical (unpaired) electrons. The van der Waals surface area contributed by atoms with Gasteiger partial charge in [-0.15, -0.1) is 0 Å². The molecule has 2 aliphatic heterocycles. The lowest BCUT2D eigenvalue weighted by atomic mass is 10.00. The van der Waals surface area contributed by atoms with Crippen LogP contribution in [0.2, 0.25) is 0 Å². The average molecular weight is 358 g/mol. The minimum Gasteiger partial charge on any atom is -0.454 e. The van der Waals surface area contributed by atoms with Gasteiger partial charge in [-0.05, 0) is 51.6 Å². The molecular weight excluding hydrogens is 332 g/mol. The molecule has 0 bridgehead atoms. The molecule has 1 aromatic carbocycles. The molecule has 1 atom stereocenters. The molecule has 0 amide bonds. The van der Waals surface area contributed by atoms with E-state index in [1.807, 2.05) is 10.7 Å². The molecule has 7 heteroatoms. The van der Waals surface area contributed by atoms with Crippen LogP contribution in [-0.4, -0.2) is 53.8 Å². The van der Waals surface area contributed by atoms with Crippen LogP contribution in [0.3, 0.4) is 0 Å². The Labute approximate surface area is 153 Å². The quantitative estimate of drug-likeness (QED) is 0.819. The maximum atomic E-state index is 5.56. The van der Waals surface area contributed by atoms with Crippen molar-refractivity contribution in [1.29, 1.82) is 0 Å². The molecule has 140 valence electrons. The van der Waals surface area contributed by atoms with E-state index in [0.29, 0.717) is 5.92 Å². The van der Waals surface area contributed by atoms with Crippen LogP contribution in [0.5, 0.6) is 11.5 Å². The second-order valence-electron chi connectivity index (χ2n) is 7.01. The number of fused-ring (bicyclic) bond motifs is 1. The van der Waals surface area contributed by atoms with Crippen molar-refractivity contribution in [2.24, 2.45) is 0 Å². The fourth-order valence-electron chi connectivity index (χ4n) is 3.70. The average Bonchev–Trinajstić information content (AvgIpc) is 3.29. The van der Waals surface area contributed by atoms with E-state index in [4.69, 9.17) is 24.3 Å². The van der Waals surface area contributed by atoms with Crippen LogP contribution in [-0.2, 0) is 11.3 Å². The Bertz CT molecular complexity index is 768. The maximum Gasteiger partial charge on any atom is 0.231 e. The zero-order chi connectivity index (χ0) is 18.1. The Morgan fingerprint density at radius 3 is 2.69 bits per heavy atom. The Hall–Kier alpha value is -2.12. The number of rotatable bonds is 5. The van der Waals surface area contributed by atoms with Gasteiger partial charge in [-0.25, -0.2) is 9.67 Å². The van der Waals surface area contributed by atoms with E-state index < -0.39 is 0 Å². The molecule has 1 aromatic heterocycles. The number of hydrogen-bond donors (Lipinski definition) is 0.